The normalized spacial score (nSPS) is 11.5. The van der Waals surface area contributed by atoms with Crippen molar-refractivity contribution in [2.75, 3.05) is 32.6 Å². The summed E-state index contributed by atoms with van der Waals surface area (Å²) in [7, 11) is 3.41. The molecule has 0 atom stereocenters. The molecule has 5 nitrogen and oxygen atoms in total. The molecular weight excluding hydrogens is 278 g/mol. The maximum atomic E-state index is 5.58. The Morgan fingerprint density at radius 1 is 1.27 bits per heavy atom. The summed E-state index contributed by atoms with van der Waals surface area (Å²) in [6.45, 7) is 7.93. The smallest absolute Gasteiger partial charge is 0.195 e. The first-order chi connectivity index (χ1) is 10.6. The number of rotatable bonds is 8. The van der Waals surface area contributed by atoms with Gasteiger partial charge in [-0.2, -0.15) is 0 Å². The van der Waals surface area contributed by atoms with Crippen molar-refractivity contribution in [3.63, 3.8) is 0 Å². The highest BCUT2D eigenvalue weighted by molar-refractivity contribution is 5.93. The van der Waals surface area contributed by atoms with Crippen LogP contribution in [-0.2, 0) is 0 Å². The quantitative estimate of drug-likeness (QED) is 0.438. The van der Waals surface area contributed by atoms with Crippen molar-refractivity contribution in [1.82, 2.24) is 5.32 Å². The van der Waals surface area contributed by atoms with Gasteiger partial charge < -0.3 is 20.1 Å². The standard InChI is InChI=1S/C17H29N3O2/c1-6-22-16-12-14(9-10-15(16)21-5)20-17(18-4)19-11-7-8-13(2)3/h9-10,12-13H,6-8,11H2,1-5H3,(H2,18,19,20). The van der Waals surface area contributed by atoms with E-state index in [2.05, 4.69) is 29.5 Å². The Balaban J connectivity index is 2.61. The first kappa shape index (κ1) is 18.1. The lowest BCUT2D eigenvalue weighted by atomic mass is 10.1. The Morgan fingerprint density at radius 3 is 2.64 bits per heavy atom. The maximum absolute atomic E-state index is 5.58. The van der Waals surface area contributed by atoms with Crippen LogP contribution in [0.25, 0.3) is 0 Å². The van der Waals surface area contributed by atoms with Gasteiger partial charge in [-0.05, 0) is 37.8 Å². The topological polar surface area (TPSA) is 54.9 Å². The van der Waals surface area contributed by atoms with Gasteiger partial charge in [0.25, 0.3) is 0 Å². The number of ether oxygens (including phenoxy) is 2. The zero-order chi connectivity index (χ0) is 16.4. The second-order valence-electron chi connectivity index (χ2n) is 5.46. The van der Waals surface area contributed by atoms with Crippen molar-refractivity contribution in [1.29, 1.82) is 0 Å². The van der Waals surface area contributed by atoms with Crippen LogP contribution in [0, 0.1) is 5.92 Å². The molecule has 124 valence electrons. The monoisotopic (exact) mass is 307 g/mol. The predicted octanol–water partition coefficient (Wildman–Crippen LogP) is 3.52. The zero-order valence-corrected chi connectivity index (χ0v) is 14.4. The van der Waals surface area contributed by atoms with Crippen molar-refractivity contribution >= 4 is 11.6 Å². The summed E-state index contributed by atoms with van der Waals surface area (Å²) in [5.41, 5.74) is 0.918. The van der Waals surface area contributed by atoms with Gasteiger partial charge in [0.05, 0.1) is 13.7 Å². The minimum atomic E-state index is 0.599. The molecule has 0 fully saturated rings. The Labute approximate surface area is 134 Å². The molecule has 0 saturated heterocycles. The van der Waals surface area contributed by atoms with Gasteiger partial charge in [-0.25, -0.2) is 0 Å². The van der Waals surface area contributed by atoms with Crippen LogP contribution >= 0.6 is 0 Å². The number of aliphatic imine (C=N–C) groups is 1. The fourth-order valence-corrected chi connectivity index (χ4v) is 2.06. The third-order valence-corrected chi connectivity index (χ3v) is 3.20. The molecule has 0 saturated carbocycles. The van der Waals surface area contributed by atoms with Crippen LogP contribution in [0.5, 0.6) is 11.5 Å². The van der Waals surface area contributed by atoms with Crippen molar-refractivity contribution in [2.24, 2.45) is 10.9 Å². The minimum absolute atomic E-state index is 0.599. The third kappa shape index (κ3) is 6.24. The van der Waals surface area contributed by atoms with E-state index in [9.17, 15) is 0 Å². The molecule has 1 rings (SSSR count). The lowest BCUT2D eigenvalue weighted by molar-refractivity contribution is 0.311. The summed E-state index contributed by atoms with van der Waals surface area (Å²) in [4.78, 5) is 4.24. The summed E-state index contributed by atoms with van der Waals surface area (Å²) in [5.74, 6) is 2.95. The highest BCUT2D eigenvalue weighted by Crippen LogP contribution is 2.30. The van der Waals surface area contributed by atoms with Crippen molar-refractivity contribution in [2.45, 2.75) is 33.6 Å². The second-order valence-corrected chi connectivity index (χ2v) is 5.46. The molecule has 0 spiro atoms. The highest BCUT2D eigenvalue weighted by atomic mass is 16.5. The molecule has 1 aromatic carbocycles. The molecule has 5 heteroatoms. The molecule has 0 radical (unpaired) electrons. The van der Waals surface area contributed by atoms with E-state index in [1.54, 1.807) is 14.2 Å². The Bertz CT molecular complexity index is 473. The van der Waals surface area contributed by atoms with Gasteiger partial charge in [-0.15, -0.1) is 0 Å². The van der Waals surface area contributed by atoms with Crippen LogP contribution in [0.3, 0.4) is 0 Å². The maximum Gasteiger partial charge on any atom is 0.195 e. The van der Waals surface area contributed by atoms with Crippen LogP contribution < -0.4 is 20.1 Å². The van der Waals surface area contributed by atoms with Crippen molar-refractivity contribution in [3.05, 3.63) is 18.2 Å². The number of nitrogens with zero attached hydrogens (tertiary/aromatic N) is 1. The van der Waals surface area contributed by atoms with E-state index in [1.165, 1.54) is 6.42 Å². The van der Waals surface area contributed by atoms with Crippen molar-refractivity contribution < 1.29 is 9.47 Å². The largest absolute Gasteiger partial charge is 0.493 e. The SMILES string of the molecule is CCOc1cc(NC(=NC)NCCCC(C)C)ccc1OC. The summed E-state index contributed by atoms with van der Waals surface area (Å²) >= 11 is 0. The summed E-state index contributed by atoms with van der Waals surface area (Å²) in [6, 6.07) is 5.75. The third-order valence-electron chi connectivity index (χ3n) is 3.20. The molecule has 1 aromatic rings. The lowest BCUT2D eigenvalue weighted by Gasteiger charge is -2.15. The molecule has 22 heavy (non-hydrogen) atoms. The zero-order valence-electron chi connectivity index (χ0n) is 14.4. The molecule has 0 unspecified atom stereocenters. The van der Waals surface area contributed by atoms with E-state index in [1.807, 2.05) is 25.1 Å². The molecule has 0 aromatic heterocycles. The molecule has 0 aliphatic carbocycles. The average molecular weight is 307 g/mol. The van der Waals surface area contributed by atoms with E-state index in [-0.39, 0.29) is 0 Å². The first-order valence-corrected chi connectivity index (χ1v) is 7.89. The van der Waals surface area contributed by atoms with Crippen LogP contribution in [0.1, 0.15) is 33.6 Å². The van der Waals surface area contributed by atoms with Gasteiger partial charge in [0.2, 0.25) is 0 Å². The molecular formula is C17H29N3O2. The van der Waals surface area contributed by atoms with E-state index in [4.69, 9.17) is 9.47 Å². The molecule has 0 aliphatic heterocycles. The Hall–Kier alpha value is -1.91. The van der Waals surface area contributed by atoms with Crippen LogP contribution in [-0.4, -0.2) is 33.3 Å². The van der Waals surface area contributed by atoms with Crippen LogP contribution in [0.15, 0.2) is 23.2 Å². The first-order valence-electron chi connectivity index (χ1n) is 7.89. The number of nitrogens with one attached hydrogen (secondary N) is 2. The van der Waals surface area contributed by atoms with Gasteiger partial charge in [0.15, 0.2) is 17.5 Å². The van der Waals surface area contributed by atoms with E-state index in [0.717, 1.165) is 42.0 Å². The Morgan fingerprint density at radius 2 is 2.05 bits per heavy atom. The molecule has 0 amide bonds. The van der Waals surface area contributed by atoms with E-state index in [0.29, 0.717) is 6.61 Å². The van der Waals surface area contributed by atoms with Gasteiger partial charge in [0, 0.05) is 25.3 Å². The number of methoxy groups -OCH3 is 1. The Kier molecular flexibility index (Phi) is 8.18. The summed E-state index contributed by atoms with van der Waals surface area (Å²) in [6.07, 6.45) is 2.34. The van der Waals surface area contributed by atoms with Gasteiger partial charge in [0.1, 0.15) is 0 Å². The molecule has 0 heterocycles. The number of hydrogen-bond acceptors (Lipinski definition) is 3. The highest BCUT2D eigenvalue weighted by Gasteiger charge is 2.06. The van der Waals surface area contributed by atoms with Gasteiger partial charge >= 0.3 is 0 Å². The summed E-state index contributed by atoms with van der Waals surface area (Å²) < 4.78 is 10.9. The molecule has 0 aliphatic rings. The van der Waals surface area contributed by atoms with Crippen LogP contribution in [0.2, 0.25) is 0 Å². The minimum Gasteiger partial charge on any atom is -0.493 e. The fraction of sp³-hybridized carbons (Fsp3) is 0.588. The van der Waals surface area contributed by atoms with E-state index >= 15 is 0 Å². The second kappa shape index (κ2) is 9.92. The van der Waals surface area contributed by atoms with E-state index < -0.39 is 0 Å². The van der Waals surface area contributed by atoms with Crippen LogP contribution in [0.4, 0.5) is 5.69 Å². The number of hydrogen-bond donors (Lipinski definition) is 2. The fourth-order valence-electron chi connectivity index (χ4n) is 2.06. The number of benzene rings is 1. The molecule has 0 bridgehead atoms. The molecule has 2 N–H and O–H groups in total. The van der Waals surface area contributed by atoms with Gasteiger partial charge in [-0.1, -0.05) is 13.8 Å². The number of guanidine groups is 1. The average Bonchev–Trinajstić information content (AvgIpc) is 2.50. The predicted molar refractivity (Wildman–Crippen MR) is 93.2 cm³/mol. The lowest BCUT2D eigenvalue weighted by Crippen LogP contribution is -2.31. The van der Waals surface area contributed by atoms with Gasteiger partial charge in [-0.3, -0.25) is 4.99 Å². The van der Waals surface area contributed by atoms with Crippen molar-refractivity contribution in [3.8, 4) is 11.5 Å². The summed E-state index contributed by atoms with van der Waals surface area (Å²) in [5, 5.41) is 6.59. The number of anilines is 1.